The number of rotatable bonds is 9. The number of methoxy groups -OCH3 is 1. The van der Waals surface area contributed by atoms with Gasteiger partial charge in [0.25, 0.3) is 0 Å². The molecule has 1 fully saturated rings. The van der Waals surface area contributed by atoms with Crippen molar-refractivity contribution in [1.82, 2.24) is 5.32 Å². The Labute approximate surface area is 128 Å². The maximum atomic E-state index is 12.6. The minimum absolute atomic E-state index is 0.0322. The van der Waals surface area contributed by atoms with Gasteiger partial charge in [0.1, 0.15) is 5.54 Å². The number of hydrogen-bond acceptors (Lipinski definition) is 4. The average Bonchev–Trinajstić information content (AvgIpc) is 2.44. The van der Waals surface area contributed by atoms with E-state index in [1.54, 1.807) is 7.11 Å². The first-order valence-corrected chi connectivity index (χ1v) is 8.03. The molecule has 1 rings (SSSR count). The van der Waals surface area contributed by atoms with E-state index in [9.17, 15) is 4.79 Å². The first kappa shape index (κ1) is 18.4. The highest BCUT2D eigenvalue weighted by molar-refractivity contribution is 5.89. The summed E-state index contributed by atoms with van der Waals surface area (Å²) in [5.41, 5.74) is 5.18. The van der Waals surface area contributed by atoms with E-state index in [-0.39, 0.29) is 23.5 Å². The molecule has 0 radical (unpaired) electrons. The monoisotopic (exact) mass is 300 g/mol. The van der Waals surface area contributed by atoms with E-state index in [0.717, 1.165) is 19.3 Å². The highest BCUT2D eigenvalue weighted by Gasteiger charge is 2.62. The number of nitrogens with two attached hydrogens (primary N) is 1. The summed E-state index contributed by atoms with van der Waals surface area (Å²) in [6.07, 6.45) is 3.71. The van der Waals surface area contributed by atoms with Gasteiger partial charge < -0.3 is 20.5 Å². The zero-order chi connectivity index (χ0) is 16.1. The summed E-state index contributed by atoms with van der Waals surface area (Å²) >= 11 is 0. The molecule has 0 aromatic rings. The lowest BCUT2D eigenvalue weighted by molar-refractivity contribution is -0.171. The van der Waals surface area contributed by atoms with Crippen molar-refractivity contribution in [3.05, 3.63) is 0 Å². The van der Waals surface area contributed by atoms with Gasteiger partial charge in [-0.05, 0) is 13.3 Å². The van der Waals surface area contributed by atoms with Crippen LogP contribution in [0.3, 0.4) is 0 Å². The molecule has 0 aromatic heterocycles. The van der Waals surface area contributed by atoms with Crippen LogP contribution in [0.25, 0.3) is 0 Å². The molecule has 0 aliphatic heterocycles. The van der Waals surface area contributed by atoms with Crippen LogP contribution in [-0.4, -0.2) is 43.9 Å². The molecular weight excluding hydrogens is 268 g/mol. The first-order chi connectivity index (χ1) is 9.83. The normalized spacial score (nSPS) is 28.8. The third-order valence-electron chi connectivity index (χ3n) is 4.84. The number of unbranched alkanes of at least 4 members (excludes halogenated alkanes) is 1. The number of nitrogens with one attached hydrogen (secondary N) is 1. The lowest BCUT2D eigenvalue weighted by atomic mass is 9.54. The van der Waals surface area contributed by atoms with Gasteiger partial charge in [0.2, 0.25) is 5.91 Å². The van der Waals surface area contributed by atoms with Gasteiger partial charge >= 0.3 is 0 Å². The van der Waals surface area contributed by atoms with Crippen LogP contribution in [0.1, 0.15) is 53.4 Å². The van der Waals surface area contributed by atoms with Gasteiger partial charge in [-0.1, -0.05) is 33.6 Å². The zero-order valence-corrected chi connectivity index (χ0v) is 14.2. The van der Waals surface area contributed by atoms with Gasteiger partial charge in [-0.25, -0.2) is 0 Å². The molecular formula is C16H32N2O3. The Morgan fingerprint density at radius 3 is 2.57 bits per heavy atom. The molecule has 0 heterocycles. The molecule has 0 aromatic carbocycles. The maximum Gasteiger partial charge on any atom is 0.241 e. The third-order valence-corrected chi connectivity index (χ3v) is 4.84. The largest absolute Gasteiger partial charge is 0.383 e. The Balaban J connectivity index is 2.65. The molecule has 1 aliphatic rings. The molecule has 0 spiro atoms. The lowest BCUT2D eigenvalue weighted by Crippen LogP contribution is -2.76. The third kappa shape index (κ3) is 3.76. The second-order valence-electron chi connectivity index (χ2n) is 6.61. The topological polar surface area (TPSA) is 73.6 Å². The van der Waals surface area contributed by atoms with E-state index in [1.807, 2.05) is 20.8 Å². The van der Waals surface area contributed by atoms with Crippen molar-refractivity contribution in [3.8, 4) is 0 Å². The molecule has 1 saturated carbocycles. The number of hydrogen-bond donors (Lipinski definition) is 2. The summed E-state index contributed by atoms with van der Waals surface area (Å²) in [7, 11) is 1.65. The highest BCUT2D eigenvalue weighted by Crippen LogP contribution is 2.49. The van der Waals surface area contributed by atoms with Gasteiger partial charge in [0.15, 0.2) is 0 Å². The summed E-state index contributed by atoms with van der Waals surface area (Å²) in [4.78, 5) is 12.6. The first-order valence-electron chi connectivity index (χ1n) is 8.03. The average molecular weight is 300 g/mol. The molecule has 124 valence electrons. The van der Waals surface area contributed by atoms with Gasteiger partial charge in [0, 0.05) is 25.6 Å². The van der Waals surface area contributed by atoms with Crippen molar-refractivity contribution in [1.29, 1.82) is 0 Å². The van der Waals surface area contributed by atoms with Gasteiger partial charge in [-0.15, -0.1) is 0 Å². The summed E-state index contributed by atoms with van der Waals surface area (Å²) in [6, 6.07) is 0.0322. The molecule has 21 heavy (non-hydrogen) atoms. The molecule has 5 nitrogen and oxygen atoms in total. The van der Waals surface area contributed by atoms with Crippen LogP contribution in [0.15, 0.2) is 0 Å². The number of ether oxygens (including phenoxy) is 2. The van der Waals surface area contributed by atoms with Crippen molar-refractivity contribution in [2.45, 2.75) is 71.1 Å². The van der Waals surface area contributed by atoms with Crippen molar-refractivity contribution >= 4 is 5.91 Å². The van der Waals surface area contributed by atoms with Gasteiger partial charge in [-0.2, -0.15) is 0 Å². The quantitative estimate of drug-likeness (QED) is 0.681. The van der Waals surface area contributed by atoms with Crippen molar-refractivity contribution in [2.24, 2.45) is 11.1 Å². The van der Waals surface area contributed by atoms with Crippen LogP contribution >= 0.6 is 0 Å². The maximum absolute atomic E-state index is 12.6. The molecule has 5 heteroatoms. The molecule has 3 unspecified atom stereocenters. The molecule has 0 saturated heterocycles. The Hall–Kier alpha value is -0.650. The van der Waals surface area contributed by atoms with Crippen LogP contribution in [0.2, 0.25) is 0 Å². The van der Waals surface area contributed by atoms with Crippen molar-refractivity contribution in [2.75, 3.05) is 20.3 Å². The fourth-order valence-electron chi connectivity index (χ4n) is 2.98. The minimum Gasteiger partial charge on any atom is -0.383 e. The summed E-state index contributed by atoms with van der Waals surface area (Å²) in [5.74, 6) is -0.0818. The van der Waals surface area contributed by atoms with Crippen LogP contribution in [-0.2, 0) is 14.3 Å². The van der Waals surface area contributed by atoms with E-state index in [0.29, 0.717) is 19.6 Å². The second-order valence-corrected chi connectivity index (χ2v) is 6.61. The predicted octanol–water partition coefficient (Wildman–Crippen LogP) is 1.84. The summed E-state index contributed by atoms with van der Waals surface area (Å²) in [5, 5.41) is 3.07. The van der Waals surface area contributed by atoms with E-state index in [2.05, 4.69) is 12.2 Å². The number of amides is 1. The smallest absolute Gasteiger partial charge is 0.241 e. The fraction of sp³-hybridized carbons (Fsp3) is 0.938. The van der Waals surface area contributed by atoms with Gasteiger partial charge in [-0.3, -0.25) is 4.79 Å². The van der Waals surface area contributed by atoms with Crippen molar-refractivity contribution < 1.29 is 14.3 Å². The zero-order valence-electron chi connectivity index (χ0n) is 14.2. The van der Waals surface area contributed by atoms with Crippen molar-refractivity contribution in [3.63, 3.8) is 0 Å². The van der Waals surface area contributed by atoms with Crippen LogP contribution in [0, 0.1) is 5.41 Å². The Morgan fingerprint density at radius 1 is 1.43 bits per heavy atom. The predicted molar refractivity (Wildman–Crippen MR) is 84.1 cm³/mol. The number of carbonyl (C=O) groups excluding carboxylic acids is 1. The van der Waals surface area contributed by atoms with Crippen LogP contribution in [0.5, 0.6) is 0 Å². The van der Waals surface area contributed by atoms with Crippen LogP contribution < -0.4 is 11.1 Å². The van der Waals surface area contributed by atoms with E-state index in [1.165, 1.54) is 0 Å². The highest BCUT2D eigenvalue weighted by atomic mass is 16.5. The second kappa shape index (κ2) is 7.56. The van der Waals surface area contributed by atoms with E-state index < -0.39 is 5.54 Å². The molecule has 3 N–H and O–H groups in total. The Kier molecular flexibility index (Phi) is 6.63. The molecule has 3 atom stereocenters. The standard InChI is InChI=1S/C16H32N2O3/c1-6-8-9-12(11-20-5)18-14(19)16(17)10-13(21-7-2)15(16,3)4/h12-13H,6-11,17H2,1-5H3,(H,18,19). The summed E-state index contributed by atoms with van der Waals surface area (Å²) in [6.45, 7) is 9.29. The fourth-order valence-corrected chi connectivity index (χ4v) is 2.98. The van der Waals surface area contributed by atoms with E-state index >= 15 is 0 Å². The lowest BCUT2D eigenvalue weighted by Gasteiger charge is -2.57. The van der Waals surface area contributed by atoms with E-state index in [4.69, 9.17) is 15.2 Å². The SMILES string of the molecule is CCCCC(COC)NC(=O)C1(N)CC(OCC)C1(C)C. The Bertz CT molecular complexity index is 346. The molecule has 1 amide bonds. The Morgan fingerprint density at radius 2 is 2.10 bits per heavy atom. The summed E-state index contributed by atoms with van der Waals surface area (Å²) < 4.78 is 10.9. The minimum atomic E-state index is -0.856. The van der Waals surface area contributed by atoms with Gasteiger partial charge in [0.05, 0.1) is 18.8 Å². The molecule has 1 aliphatic carbocycles. The molecule has 0 bridgehead atoms. The van der Waals surface area contributed by atoms with Crippen LogP contribution in [0.4, 0.5) is 0 Å². The number of carbonyl (C=O) groups is 1.